The van der Waals surface area contributed by atoms with Crippen LogP contribution in [0.5, 0.6) is 0 Å². The molecule has 0 aliphatic carbocycles. The molecule has 44 heavy (non-hydrogen) atoms. The Kier molecular flexibility index (Phi) is 11.7. The average molecular weight is 585 g/mol. The van der Waals surface area contributed by atoms with Gasteiger partial charge in [-0.15, -0.1) is 0 Å². The molecule has 4 rings (SSSR count). The van der Waals surface area contributed by atoms with Crippen LogP contribution in [-0.4, -0.2) is 6.04 Å². The third kappa shape index (κ3) is 8.32. The van der Waals surface area contributed by atoms with Crippen LogP contribution < -0.4 is 10.6 Å². The maximum Gasteiger partial charge on any atom is 0.0551 e. The summed E-state index contributed by atoms with van der Waals surface area (Å²) in [6, 6.07) is 35.0. The van der Waals surface area contributed by atoms with E-state index in [1.165, 1.54) is 44.8 Å². The summed E-state index contributed by atoms with van der Waals surface area (Å²) in [6.45, 7) is 18.2. The van der Waals surface area contributed by atoms with Gasteiger partial charge in [-0.3, -0.25) is 0 Å². The zero-order chi connectivity index (χ0) is 31.6. The Labute approximate surface area is 267 Å². The number of nitrogens with one attached hydrogen (secondary N) is 2. The minimum atomic E-state index is 0.0120. The van der Waals surface area contributed by atoms with Crippen molar-refractivity contribution in [1.29, 1.82) is 0 Å². The van der Waals surface area contributed by atoms with E-state index in [1.807, 2.05) is 0 Å². The van der Waals surface area contributed by atoms with Gasteiger partial charge in [0.2, 0.25) is 0 Å². The zero-order valence-corrected chi connectivity index (χ0v) is 28.0. The molecule has 0 aliphatic rings. The first kappa shape index (κ1) is 32.9. The first-order chi connectivity index (χ1) is 21.2. The Balaban J connectivity index is 1.83. The van der Waals surface area contributed by atoms with Crippen molar-refractivity contribution >= 4 is 17.5 Å². The molecule has 0 unspecified atom stereocenters. The van der Waals surface area contributed by atoms with Gasteiger partial charge in [-0.05, 0) is 63.3 Å². The van der Waals surface area contributed by atoms with Crippen LogP contribution in [0.25, 0.3) is 6.08 Å². The SMILES string of the molecule is CC(C)c1cccc(C(C)C)c1N/C=C\[C@H](c1ccccc1)[C@@H](/C=C/c1ccccc1)Nc1c(C(C)C)cccc1C(C)C. The molecule has 2 atom stereocenters. The first-order valence-electron chi connectivity index (χ1n) is 16.4. The smallest absolute Gasteiger partial charge is 0.0551 e. The van der Waals surface area contributed by atoms with Crippen molar-refractivity contribution in [3.05, 3.63) is 149 Å². The third-order valence-corrected chi connectivity index (χ3v) is 8.46. The standard InChI is InChI=1S/C42H52N2/c1-29(2)35-21-15-22-36(30(3)4)41(35)43-28-27-39(34-19-13-10-14-20-34)40(26-25-33-17-11-9-12-18-33)44-42-37(31(5)6)23-16-24-38(42)32(7)8/h9-32,39-40,43-44H,1-8H3/b26-25+,28-27-/t39-,40-/m1/s1. The largest absolute Gasteiger partial charge is 0.377 e. The minimum Gasteiger partial charge on any atom is -0.377 e. The van der Waals surface area contributed by atoms with Gasteiger partial charge in [-0.2, -0.15) is 0 Å². The molecule has 0 aromatic heterocycles. The molecular weight excluding hydrogens is 532 g/mol. The van der Waals surface area contributed by atoms with Crippen LogP contribution >= 0.6 is 0 Å². The van der Waals surface area contributed by atoms with E-state index >= 15 is 0 Å². The number of anilines is 2. The van der Waals surface area contributed by atoms with E-state index < -0.39 is 0 Å². The van der Waals surface area contributed by atoms with Crippen LogP contribution in [0.3, 0.4) is 0 Å². The summed E-state index contributed by atoms with van der Waals surface area (Å²) in [6.07, 6.45) is 9.12. The molecule has 4 aromatic rings. The van der Waals surface area contributed by atoms with Gasteiger partial charge in [0.05, 0.1) is 6.04 Å². The predicted molar refractivity (Wildman–Crippen MR) is 194 cm³/mol. The van der Waals surface area contributed by atoms with Crippen LogP contribution in [0.2, 0.25) is 0 Å². The van der Waals surface area contributed by atoms with Gasteiger partial charge < -0.3 is 10.6 Å². The fourth-order valence-electron chi connectivity index (χ4n) is 5.99. The monoisotopic (exact) mass is 584 g/mol. The van der Waals surface area contributed by atoms with Gasteiger partial charge in [0, 0.05) is 17.3 Å². The Bertz CT molecular complexity index is 1460. The first-order valence-corrected chi connectivity index (χ1v) is 16.4. The highest BCUT2D eigenvalue weighted by Gasteiger charge is 2.23. The van der Waals surface area contributed by atoms with Gasteiger partial charge >= 0.3 is 0 Å². The third-order valence-electron chi connectivity index (χ3n) is 8.46. The van der Waals surface area contributed by atoms with E-state index in [4.69, 9.17) is 0 Å². The van der Waals surface area contributed by atoms with E-state index in [2.05, 4.69) is 188 Å². The summed E-state index contributed by atoms with van der Waals surface area (Å²) in [5.41, 5.74) is 10.4. The molecule has 4 aromatic carbocycles. The summed E-state index contributed by atoms with van der Waals surface area (Å²) < 4.78 is 0. The lowest BCUT2D eigenvalue weighted by molar-refractivity contribution is 0.751. The molecule has 0 amide bonds. The molecule has 0 aliphatic heterocycles. The number of benzene rings is 4. The number of para-hydroxylation sites is 2. The maximum absolute atomic E-state index is 4.09. The van der Waals surface area contributed by atoms with Crippen molar-refractivity contribution < 1.29 is 0 Å². The highest BCUT2D eigenvalue weighted by atomic mass is 14.9. The molecule has 0 heterocycles. The van der Waals surface area contributed by atoms with Crippen LogP contribution in [0, 0.1) is 0 Å². The molecule has 230 valence electrons. The van der Waals surface area contributed by atoms with Crippen molar-refractivity contribution in [2.75, 3.05) is 10.6 Å². The molecule has 2 heteroatoms. The van der Waals surface area contributed by atoms with E-state index in [9.17, 15) is 0 Å². The lowest BCUT2D eigenvalue weighted by Crippen LogP contribution is -2.26. The highest BCUT2D eigenvalue weighted by Crippen LogP contribution is 2.36. The molecule has 0 fully saturated rings. The highest BCUT2D eigenvalue weighted by molar-refractivity contribution is 5.64. The molecule has 2 N–H and O–H groups in total. The zero-order valence-electron chi connectivity index (χ0n) is 28.0. The fourth-order valence-corrected chi connectivity index (χ4v) is 5.99. The fraction of sp³-hybridized carbons (Fsp3) is 0.333. The minimum absolute atomic E-state index is 0.0120. The summed E-state index contributed by atoms with van der Waals surface area (Å²) >= 11 is 0. The summed E-state index contributed by atoms with van der Waals surface area (Å²) in [5.74, 6) is 1.76. The Morgan fingerprint density at radius 1 is 0.477 bits per heavy atom. The molecule has 0 radical (unpaired) electrons. The van der Waals surface area contributed by atoms with Crippen molar-refractivity contribution in [2.24, 2.45) is 0 Å². The number of hydrogen-bond acceptors (Lipinski definition) is 2. The summed E-state index contributed by atoms with van der Waals surface area (Å²) in [5, 5.41) is 7.85. The lowest BCUT2D eigenvalue weighted by Gasteiger charge is -2.29. The van der Waals surface area contributed by atoms with Gasteiger partial charge in [0.25, 0.3) is 0 Å². The van der Waals surface area contributed by atoms with Crippen molar-refractivity contribution in [2.45, 2.75) is 91.0 Å². The summed E-state index contributed by atoms with van der Waals surface area (Å²) in [7, 11) is 0. The normalized spacial score (nSPS) is 13.5. The Hall–Kier alpha value is -4.04. The van der Waals surface area contributed by atoms with Crippen molar-refractivity contribution in [3.8, 4) is 0 Å². The second kappa shape index (κ2) is 15.6. The molecule has 0 bridgehead atoms. The predicted octanol–water partition coefficient (Wildman–Crippen LogP) is 12.1. The van der Waals surface area contributed by atoms with E-state index in [0.29, 0.717) is 23.7 Å². The maximum atomic E-state index is 4.09. The molecular formula is C42H52N2. The molecule has 0 saturated carbocycles. The van der Waals surface area contributed by atoms with Crippen molar-refractivity contribution in [1.82, 2.24) is 0 Å². The van der Waals surface area contributed by atoms with Crippen LogP contribution in [-0.2, 0) is 0 Å². The lowest BCUT2D eigenvalue weighted by atomic mass is 9.88. The quantitative estimate of drug-likeness (QED) is 0.163. The molecule has 0 spiro atoms. The second-order valence-electron chi connectivity index (χ2n) is 13.1. The molecule has 0 saturated heterocycles. The van der Waals surface area contributed by atoms with Crippen LogP contribution in [0.1, 0.15) is 118 Å². The Morgan fingerprint density at radius 3 is 1.41 bits per heavy atom. The van der Waals surface area contributed by atoms with Crippen LogP contribution in [0.15, 0.2) is 115 Å². The van der Waals surface area contributed by atoms with Gasteiger partial charge in [-0.1, -0.05) is 171 Å². The molecule has 2 nitrogen and oxygen atoms in total. The van der Waals surface area contributed by atoms with E-state index in [1.54, 1.807) is 0 Å². The van der Waals surface area contributed by atoms with E-state index in [0.717, 1.165) is 0 Å². The topological polar surface area (TPSA) is 24.1 Å². The Morgan fingerprint density at radius 2 is 0.932 bits per heavy atom. The van der Waals surface area contributed by atoms with E-state index in [-0.39, 0.29) is 12.0 Å². The van der Waals surface area contributed by atoms with Crippen molar-refractivity contribution in [3.63, 3.8) is 0 Å². The summed E-state index contributed by atoms with van der Waals surface area (Å²) in [4.78, 5) is 0. The number of rotatable bonds is 13. The van der Waals surface area contributed by atoms with Crippen LogP contribution in [0.4, 0.5) is 11.4 Å². The average Bonchev–Trinajstić information content (AvgIpc) is 3.02. The van der Waals surface area contributed by atoms with Gasteiger partial charge in [0.1, 0.15) is 0 Å². The van der Waals surface area contributed by atoms with Gasteiger partial charge in [0.15, 0.2) is 0 Å². The number of hydrogen-bond donors (Lipinski definition) is 2. The van der Waals surface area contributed by atoms with Gasteiger partial charge in [-0.25, -0.2) is 0 Å². The second-order valence-corrected chi connectivity index (χ2v) is 13.1.